The van der Waals surface area contributed by atoms with Gasteiger partial charge in [0.2, 0.25) is 12.7 Å². The Hall–Kier alpha value is -1.39. The highest BCUT2D eigenvalue weighted by Crippen LogP contribution is 2.45. The average Bonchev–Trinajstić information content (AvgIpc) is 2.62. The van der Waals surface area contributed by atoms with Crippen molar-refractivity contribution in [1.82, 2.24) is 4.90 Å². The molecule has 2 aliphatic heterocycles. The van der Waals surface area contributed by atoms with E-state index >= 15 is 0 Å². The number of esters is 2. The van der Waals surface area contributed by atoms with Crippen molar-refractivity contribution >= 4 is 43.0 Å². The molecule has 2 saturated heterocycles. The number of hydrogen-bond acceptors (Lipinski definition) is 8. The number of carbonyl (C=O) groups excluding carboxylic acids is 4. The van der Waals surface area contributed by atoms with Crippen LogP contribution in [0.5, 0.6) is 0 Å². The van der Waals surface area contributed by atoms with Crippen LogP contribution in [0, 0.1) is 17.8 Å². The van der Waals surface area contributed by atoms with Gasteiger partial charge in [-0.3, -0.25) is 14.4 Å². The minimum absolute atomic E-state index is 0.00307. The molecule has 0 radical (unpaired) electrons. The van der Waals surface area contributed by atoms with Crippen molar-refractivity contribution in [3.05, 3.63) is 0 Å². The van der Waals surface area contributed by atoms with E-state index in [2.05, 4.69) is 33.9 Å². The van der Waals surface area contributed by atoms with Gasteiger partial charge in [0.1, 0.15) is 0 Å². The Balaban J connectivity index is 2.04. The van der Waals surface area contributed by atoms with Gasteiger partial charge in [-0.15, -0.1) is 0 Å². The predicted molar refractivity (Wildman–Crippen MR) is 115 cm³/mol. The van der Waals surface area contributed by atoms with Gasteiger partial charge < -0.3 is 18.8 Å². The molecule has 0 bridgehead atoms. The number of thioether (sulfide) groups is 1. The molecule has 10 heteroatoms. The van der Waals surface area contributed by atoms with Gasteiger partial charge in [-0.05, 0) is 18.1 Å². The molecule has 8 nitrogen and oxygen atoms in total. The normalized spacial score (nSPS) is 26.9. The topological polar surface area (TPSA) is 99.2 Å². The fraction of sp³-hybridized carbons (Fsp3) is 0.800. The zero-order valence-corrected chi connectivity index (χ0v) is 20.8. The minimum atomic E-state index is -2.05. The van der Waals surface area contributed by atoms with Gasteiger partial charge in [0.25, 0.3) is 0 Å². The Bertz CT molecular complexity index is 718. The van der Waals surface area contributed by atoms with E-state index in [1.54, 1.807) is 20.8 Å². The molecule has 4 atom stereocenters. The first-order chi connectivity index (χ1) is 13.7. The van der Waals surface area contributed by atoms with Crippen molar-refractivity contribution in [2.24, 2.45) is 17.8 Å². The number of β-lactam (4-membered cyclic amide) rings is 1. The van der Waals surface area contributed by atoms with Crippen LogP contribution in [0.1, 0.15) is 41.5 Å². The third kappa shape index (κ3) is 4.91. The number of rotatable bonds is 7. The molecule has 170 valence electrons. The largest absolute Gasteiger partial charge is 0.428 e. The third-order valence-corrected chi connectivity index (χ3v) is 11.9. The first kappa shape index (κ1) is 24.9. The minimum Gasteiger partial charge on any atom is -0.428 e. The van der Waals surface area contributed by atoms with Crippen LogP contribution in [-0.4, -0.2) is 61.0 Å². The Morgan fingerprint density at radius 2 is 1.77 bits per heavy atom. The lowest BCUT2D eigenvalue weighted by atomic mass is 9.80. The number of hydrogen-bond donors (Lipinski definition) is 0. The monoisotopic (exact) mass is 459 g/mol. The van der Waals surface area contributed by atoms with Gasteiger partial charge in [0, 0.05) is 12.5 Å². The van der Waals surface area contributed by atoms with E-state index in [1.807, 2.05) is 0 Å². The van der Waals surface area contributed by atoms with E-state index in [0.717, 1.165) is 11.8 Å². The molecule has 30 heavy (non-hydrogen) atoms. The van der Waals surface area contributed by atoms with Crippen LogP contribution in [0.4, 0.5) is 0 Å². The Morgan fingerprint density at radius 3 is 2.30 bits per heavy atom. The zero-order chi connectivity index (χ0) is 23.0. The maximum absolute atomic E-state index is 12.8. The second kappa shape index (κ2) is 9.00. The summed E-state index contributed by atoms with van der Waals surface area (Å²) in [4.78, 5) is 50.7. The van der Waals surface area contributed by atoms with Crippen LogP contribution < -0.4 is 0 Å². The Morgan fingerprint density at radius 1 is 1.17 bits per heavy atom. The van der Waals surface area contributed by atoms with Gasteiger partial charge in [-0.25, -0.2) is 4.79 Å². The van der Waals surface area contributed by atoms with E-state index in [9.17, 15) is 19.2 Å². The Kier molecular flexibility index (Phi) is 7.46. The Labute approximate surface area is 183 Å². The van der Waals surface area contributed by atoms with Crippen molar-refractivity contribution in [2.75, 3.05) is 13.4 Å². The number of carbonyl (C=O) groups is 4. The van der Waals surface area contributed by atoms with Crippen LogP contribution in [0.3, 0.4) is 0 Å². The van der Waals surface area contributed by atoms with Crippen molar-refractivity contribution in [1.29, 1.82) is 0 Å². The van der Waals surface area contributed by atoms with Crippen molar-refractivity contribution in [3.8, 4) is 0 Å². The summed E-state index contributed by atoms with van der Waals surface area (Å²) in [5.74, 6) is -2.68. The molecule has 0 N–H and O–H groups in total. The van der Waals surface area contributed by atoms with Gasteiger partial charge in [0.05, 0.1) is 17.9 Å². The number of amides is 1. The highest BCUT2D eigenvalue weighted by atomic mass is 32.2. The van der Waals surface area contributed by atoms with Gasteiger partial charge in [-0.1, -0.05) is 53.3 Å². The van der Waals surface area contributed by atoms with Crippen LogP contribution in [0.25, 0.3) is 0 Å². The molecular formula is C20H33NO7SSi. The molecule has 2 fully saturated rings. The van der Waals surface area contributed by atoms with Gasteiger partial charge >= 0.3 is 11.9 Å². The maximum atomic E-state index is 12.8. The number of ether oxygens (including phenoxy) is 2. The maximum Gasteiger partial charge on any atom is 0.342 e. The molecule has 2 rings (SSSR count). The lowest BCUT2D eigenvalue weighted by Gasteiger charge is -2.54. The average molecular weight is 460 g/mol. The standard InChI is InChI=1S/C20H33NO7SSi/c1-11(2)17(23)26-10-27-18(24)16-21-14(12(3)19(25)29-16)13(15(21)22)9-28-30(7,8)20(4,5)6/h11-14,16H,9-10H2,1-8H3/t12-,13-,14-,16-/m1/s1. The first-order valence-electron chi connectivity index (χ1n) is 10.2. The molecule has 2 aliphatic rings. The summed E-state index contributed by atoms with van der Waals surface area (Å²) in [6.07, 6.45) is 0. The lowest BCUT2D eigenvalue weighted by molar-refractivity contribution is -0.182. The second-order valence-corrected chi connectivity index (χ2v) is 15.6. The summed E-state index contributed by atoms with van der Waals surface area (Å²) in [5, 5.41) is -1.22. The quantitative estimate of drug-likeness (QED) is 0.248. The molecule has 0 aromatic carbocycles. The van der Waals surface area contributed by atoms with Crippen LogP contribution in [0.2, 0.25) is 18.1 Å². The van der Waals surface area contributed by atoms with E-state index in [0.29, 0.717) is 0 Å². The van der Waals surface area contributed by atoms with Crippen LogP contribution in [0.15, 0.2) is 0 Å². The van der Waals surface area contributed by atoms with Crippen LogP contribution >= 0.6 is 11.8 Å². The van der Waals surface area contributed by atoms with E-state index < -0.39 is 50.3 Å². The molecule has 1 amide bonds. The van der Waals surface area contributed by atoms with Gasteiger partial charge in [-0.2, -0.15) is 0 Å². The molecule has 0 aliphatic carbocycles. The van der Waals surface area contributed by atoms with Crippen LogP contribution in [-0.2, 0) is 33.1 Å². The zero-order valence-electron chi connectivity index (χ0n) is 19.0. The van der Waals surface area contributed by atoms with E-state index in [1.165, 1.54) is 4.90 Å². The molecule has 0 saturated carbocycles. The molecule has 0 aromatic heterocycles. The van der Waals surface area contributed by atoms with Crippen molar-refractivity contribution in [2.45, 2.75) is 71.1 Å². The highest BCUT2D eigenvalue weighted by molar-refractivity contribution is 8.14. The summed E-state index contributed by atoms with van der Waals surface area (Å²) in [6.45, 7) is 15.4. The summed E-state index contributed by atoms with van der Waals surface area (Å²) < 4.78 is 16.1. The predicted octanol–water partition coefficient (Wildman–Crippen LogP) is 2.77. The highest BCUT2D eigenvalue weighted by Gasteiger charge is 2.60. The van der Waals surface area contributed by atoms with Crippen molar-refractivity contribution in [3.63, 3.8) is 0 Å². The molecule has 0 unspecified atom stereocenters. The fourth-order valence-electron chi connectivity index (χ4n) is 3.10. The van der Waals surface area contributed by atoms with E-state index in [-0.39, 0.29) is 28.6 Å². The second-order valence-electron chi connectivity index (χ2n) is 9.69. The van der Waals surface area contributed by atoms with Gasteiger partial charge in [0.15, 0.2) is 18.8 Å². The number of nitrogens with zero attached hydrogens (tertiary/aromatic N) is 1. The summed E-state index contributed by atoms with van der Waals surface area (Å²) in [6, 6.07) is -0.396. The molecule has 2 heterocycles. The summed E-state index contributed by atoms with van der Waals surface area (Å²) in [7, 11) is -2.05. The summed E-state index contributed by atoms with van der Waals surface area (Å²) in [5.41, 5.74) is 0. The number of fused-ring (bicyclic) bond motifs is 1. The summed E-state index contributed by atoms with van der Waals surface area (Å²) >= 11 is 0.784. The molecule has 0 aromatic rings. The molecular weight excluding hydrogens is 426 g/mol. The van der Waals surface area contributed by atoms with E-state index in [4.69, 9.17) is 13.9 Å². The fourth-order valence-corrected chi connectivity index (χ4v) is 5.23. The third-order valence-electron chi connectivity index (χ3n) is 6.17. The van der Waals surface area contributed by atoms with Crippen molar-refractivity contribution < 1.29 is 33.1 Å². The first-order valence-corrected chi connectivity index (χ1v) is 14.0. The smallest absolute Gasteiger partial charge is 0.342 e. The SMILES string of the molecule is CC(C)C(=O)OCOC(=O)[C@H]1SC(=O)[C@H](C)[C@@H]2[C@@H](CO[Si](C)(C)C(C)(C)C)C(=O)N21. The lowest BCUT2D eigenvalue weighted by Crippen LogP contribution is -2.72. The molecule has 0 spiro atoms.